The molecule has 0 aliphatic rings. The maximum absolute atomic E-state index is 11.0. The molecule has 1 aromatic heterocycles. The molecule has 1 aromatic rings. The van der Waals surface area contributed by atoms with Gasteiger partial charge in [-0.05, 0) is 31.9 Å². The van der Waals surface area contributed by atoms with E-state index in [1.165, 1.54) is 0 Å². The number of hydrogen-bond donors (Lipinski definition) is 2. The predicted molar refractivity (Wildman–Crippen MR) is 59.3 cm³/mol. The van der Waals surface area contributed by atoms with E-state index in [4.69, 9.17) is 5.11 Å². The van der Waals surface area contributed by atoms with Crippen LogP contribution in [0.25, 0.3) is 0 Å². The highest BCUT2D eigenvalue weighted by Gasteiger charge is 2.15. The van der Waals surface area contributed by atoms with Gasteiger partial charge in [0.15, 0.2) is 0 Å². The molecule has 82 valence electrons. The highest BCUT2D eigenvalue weighted by molar-refractivity contribution is 5.94. The molecule has 0 aromatic carbocycles. The second-order valence-corrected chi connectivity index (χ2v) is 3.61. The average Bonchev–Trinajstić information content (AvgIpc) is 2.17. The van der Waals surface area contributed by atoms with Gasteiger partial charge in [0.05, 0.1) is 0 Å². The van der Waals surface area contributed by atoms with Crippen molar-refractivity contribution < 1.29 is 9.90 Å². The van der Waals surface area contributed by atoms with E-state index in [1.807, 2.05) is 13.8 Å². The van der Waals surface area contributed by atoms with E-state index < -0.39 is 5.97 Å². The van der Waals surface area contributed by atoms with Gasteiger partial charge in [0, 0.05) is 12.2 Å². The van der Waals surface area contributed by atoms with E-state index in [0.29, 0.717) is 5.82 Å². The van der Waals surface area contributed by atoms with Gasteiger partial charge in [-0.2, -0.15) is 0 Å². The summed E-state index contributed by atoms with van der Waals surface area (Å²) in [4.78, 5) is 15.1. The van der Waals surface area contributed by atoms with Crippen molar-refractivity contribution in [2.75, 3.05) is 5.32 Å². The van der Waals surface area contributed by atoms with Crippen LogP contribution in [0.4, 0.5) is 5.82 Å². The Balaban J connectivity index is 3.06. The minimum Gasteiger partial charge on any atom is -0.478 e. The highest BCUT2D eigenvalue weighted by Crippen LogP contribution is 2.17. The lowest BCUT2D eigenvalue weighted by Crippen LogP contribution is -2.18. The Morgan fingerprint density at radius 2 is 2.33 bits per heavy atom. The molecule has 2 N–H and O–H groups in total. The molecule has 0 saturated carbocycles. The number of aryl methyl sites for hydroxylation is 1. The number of carbonyl (C=O) groups is 1. The quantitative estimate of drug-likeness (QED) is 0.797. The lowest BCUT2D eigenvalue weighted by Gasteiger charge is -2.14. The van der Waals surface area contributed by atoms with E-state index in [9.17, 15) is 4.79 Å². The summed E-state index contributed by atoms with van der Waals surface area (Å²) < 4.78 is 0. The Hall–Kier alpha value is -1.58. The van der Waals surface area contributed by atoms with Gasteiger partial charge in [-0.3, -0.25) is 0 Å². The van der Waals surface area contributed by atoms with E-state index in [1.54, 1.807) is 19.2 Å². The van der Waals surface area contributed by atoms with Crippen molar-refractivity contribution >= 4 is 11.8 Å². The zero-order chi connectivity index (χ0) is 11.4. The fourth-order valence-electron chi connectivity index (χ4n) is 1.27. The van der Waals surface area contributed by atoms with E-state index >= 15 is 0 Å². The van der Waals surface area contributed by atoms with Crippen LogP contribution in [0.3, 0.4) is 0 Å². The summed E-state index contributed by atoms with van der Waals surface area (Å²) in [5.74, 6) is -0.483. The van der Waals surface area contributed by atoms with Gasteiger partial charge < -0.3 is 10.4 Å². The van der Waals surface area contributed by atoms with Crippen molar-refractivity contribution in [2.45, 2.75) is 33.2 Å². The lowest BCUT2D eigenvalue weighted by atomic mass is 10.1. The van der Waals surface area contributed by atoms with Gasteiger partial charge in [-0.15, -0.1) is 0 Å². The van der Waals surface area contributed by atoms with Crippen LogP contribution in [0.2, 0.25) is 0 Å². The highest BCUT2D eigenvalue weighted by atomic mass is 16.4. The molecule has 0 saturated heterocycles. The zero-order valence-electron chi connectivity index (χ0n) is 9.24. The number of hydrogen-bond acceptors (Lipinski definition) is 3. The zero-order valence-corrected chi connectivity index (χ0v) is 9.24. The van der Waals surface area contributed by atoms with E-state index in [-0.39, 0.29) is 11.6 Å². The number of anilines is 1. The predicted octanol–water partition coefficient (Wildman–Crippen LogP) is 2.30. The summed E-state index contributed by atoms with van der Waals surface area (Å²) in [6, 6.07) is 1.92. The molecule has 0 aliphatic carbocycles. The average molecular weight is 208 g/mol. The number of carboxylic acids is 1. The Bertz CT molecular complexity index is 364. The smallest absolute Gasteiger partial charge is 0.339 e. The molecule has 0 aliphatic heterocycles. The van der Waals surface area contributed by atoms with Crippen molar-refractivity contribution in [1.29, 1.82) is 0 Å². The molecule has 4 heteroatoms. The third kappa shape index (κ3) is 2.68. The monoisotopic (exact) mass is 208 g/mol. The number of carboxylic acid groups (broad SMARTS) is 1. The number of pyridine rings is 1. The van der Waals surface area contributed by atoms with Gasteiger partial charge in [0.1, 0.15) is 11.4 Å². The van der Waals surface area contributed by atoms with Crippen LogP contribution in [0.5, 0.6) is 0 Å². The minimum atomic E-state index is -0.939. The normalized spacial score (nSPS) is 12.2. The number of nitrogens with zero attached hydrogens (tertiary/aromatic N) is 1. The summed E-state index contributed by atoms with van der Waals surface area (Å²) >= 11 is 0. The largest absolute Gasteiger partial charge is 0.478 e. The molecule has 1 rings (SSSR count). The van der Waals surface area contributed by atoms with Crippen LogP contribution >= 0.6 is 0 Å². The van der Waals surface area contributed by atoms with Gasteiger partial charge >= 0.3 is 5.97 Å². The third-order valence-corrected chi connectivity index (χ3v) is 2.37. The molecule has 0 spiro atoms. The lowest BCUT2D eigenvalue weighted by molar-refractivity contribution is 0.0697. The van der Waals surface area contributed by atoms with Gasteiger partial charge in [-0.1, -0.05) is 6.92 Å². The summed E-state index contributed by atoms with van der Waals surface area (Å²) in [7, 11) is 0. The molecule has 1 atom stereocenters. The third-order valence-electron chi connectivity index (χ3n) is 2.37. The first-order valence-electron chi connectivity index (χ1n) is 5.01. The number of aromatic carboxylic acids is 1. The molecule has 0 fully saturated rings. The van der Waals surface area contributed by atoms with Gasteiger partial charge in [0.2, 0.25) is 0 Å². The molecular weight excluding hydrogens is 192 g/mol. The van der Waals surface area contributed by atoms with Crippen molar-refractivity contribution in [2.24, 2.45) is 0 Å². The fraction of sp³-hybridized carbons (Fsp3) is 0.455. The van der Waals surface area contributed by atoms with E-state index in [2.05, 4.69) is 10.3 Å². The van der Waals surface area contributed by atoms with Crippen LogP contribution < -0.4 is 5.32 Å². The SMILES string of the molecule is CCC(C)Nc1nccc(C)c1C(=O)O. The number of aromatic nitrogens is 1. The Kier molecular flexibility index (Phi) is 3.66. The first kappa shape index (κ1) is 11.5. The van der Waals surface area contributed by atoms with Crippen LogP contribution in [-0.2, 0) is 0 Å². The first-order valence-corrected chi connectivity index (χ1v) is 5.01. The van der Waals surface area contributed by atoms with Crippen molar-refractivity contribution in [1.82, 2.24) is 4.98 Å². The molecule has 0 bridgehead atoms. The van der Waals surface area contributed by atoms with Crippen LogP contribution in [-0.4, -0.2) is 22.1 Å². The van der Waals surface area contributed by atoms with E-state index in [0.717, 1.165) is 12.0 Å². The van der Waals surface area contributed by atoms with Gasteiger partial charge in [0.25, 0.3) is 0 Å². The molecule has 0 amide bonds. The topological polar surface area (TPSA) is 62.2 Å². The second-order valence-electron chi connectivity index (χ2n) is 3.61. The number of rotatable bonds is 4. The van der Waals surface area contributed by atoms with Crippen LogP contribution in [0, 0.1) is 6.92 Å². The standard InChI is InChI=1S/C11H16N2O2/c1-4-8(3)13-10-9(11(14)15)7(2)5-6-12-10/h5-6,8H,4H2,1-3H3,(H,12,13)(H,14,15). The summed E-state index contributed by atoms with van der Waals surface area (Å²) in [5, 5.41) is 12.1. The molecule has 0 radical (unpaired) electrons. The molecule has 1 heterocycles. The van der Waals surface area contributed by atoms with Gasteiger partial charge in [-0.25, -0.2) is 9.78 Å². The summed E-state index contributed by atoms with van der Waals surface area (Å²) in [5.41, 5.74) is 0.987. The second kappa shape index (κ2) is 4.77. The van der Waals surface area contributed by atoms with Crippen molar-refractivity contribution in [3.8, 4) is 0 Å². The molecule has 1 unspecified atom stereocenters. The van der Waals surface area contributed by atoms with Crippen molar-refractivity contribution in [3.63, 3.8) is 0 Å². The van der Waals surface area contributed by atoms with Crippen LogP contribution in [0.15, 0.2) is 12.3 Å². The maximum Gasteiger partial charge on any atom is 0.339 e. The fourth-order valence-corrected chi connectivity index (χ4v) is 1.27. The summed E-state index contributed by atoms with van der Waals surface area (Å²) in [6.45, 7) is 5.80. The Labute approximate surface area is 89.3 Å². The van der Waals surface area contributed by atoms with Crippen LogP contribution in [0.1, 0.15) is 36.2 Å². The minimum absolute atomic E-state index is 0.220. The molecular formula is C11H16N2O2. The molecule has 4 nitrogen and oxygen atoms in total. The maximum atomic E-state index is 11.0. The Morgan fingerprint density at radius 3 is 2.87 bits per heavy atom. The Morgan fingerprint density at radius 1 is 1.67 bits per heavy atom. The summed E-state index contributed by atoms with van der Waals surface area (Å²) in [6.07, 6.45) is 2.54. The number of nitrogens with one attached hydrogen (secondary N) is 1. The molecule has 15 heavy (non-hydrogen) atoms. The van der Waals surface area contributed by atoms with Crippen molar-refractivity contribution in [3.05, 3.63) is 23.4 Å². The first-order chi connectivity index (χ1) is 7.06.